The van der Waals surface area contributed by atoms with Crippen LogP contribution in [0.3, 0.4) is 0 Å². The molecule has 10 aromatic carbocycles. The summed E-state index contributed by atoms with van der Waals surface area (Å²) in [6.45, 7) is 0. The molecule has 0 fully saturated rings. The Morgan fingerprint density at radius 2 is 0.678 bits per heavy atom. The van der Waals surface area contributed by atoms with Gasteiger partial charge in [-0.2, -0.15) is 0 Å². The average Bonchev–Trinajstić information content (AvgIpc) is 3.70. The highest BCUT2D eigenvalue weighted by Gasteiger charge is 2.20. The fourth-order valence-corrected chi connectivity index (χ4v) is 9.05. The first kappa shape index (κ1) is 33.2. The summed E-state index contributed by atoms with van der Waals surface area (Å²) < 4.78 is 6.36. The number of hydrogen-bond donors (Lipinski definition) is 0. The third-order valence-corrected chi connectivity index (χ3v) is 11.7. The molecule has 0 bridgehead atoms. The molecule has 0 unspecified atom stereocenters. The van der Waals surface area contributed by atoms with Crippen molar-refractivity contribution >= 4 is 65.0 Å². The number of para-hydroxylation sites is 1. The number of fused-ring (bicyclic) bond motifs is 9. The number of rotatable bonds is 5. The fraction of sp³-hybridized carbons (Fsp3) is 0. The molecule has 274 valence electrons. The van der Waals surface area contributed by atoms with Gasteiger partial charge in [0.25, 0.3) is 0 Å². The Morgan fingerprint density at radius 3 is 1.27 bits per heavy atom. The molecule has 0 aliphatic rings. The van der Waals surface area contributed by atoms with Crippen molar-refractivity contribution < 1.29 is 4.42 Å². The van der Waals surface area contributed by atoms with Gasteiger partial charge in [0.05, 0.1) is 0 Å². The quantitative estimate of drug-likeness (QED) is 0.164. The summed E-state index contributed by atoms with van der Waals surface area (Å²) in [5.74, 6) is 1.93. The van der Waals surface area contributed by atoms with Crippen molar-refractivity contribution in [2.75, 3.05) is 0 Å². The van der Waals surface area contributed by atoms with Gasteiger partial charge in [0.1, 0.15) is 11.2 Å². The first-order valence-corrected chi connectivity index (χ1v) is 19.9. The van der Waals surface area contributed by atoms with Gasteiger partial charge in [0.15, 0.2) is 17.5 Å². The van der Waals surface area contributed by atoms with E-state index in [9.17, 15) is 0 Å². The summed E-state index contributed by atoms with van der Waals surface area (Å²) in [4.78, 5) is 15.2. The molecule has 0 radical (unpaired) electrons. The van der Waals surface area contributed by atoms with E-state index in [1.807, 2.05) is 66.7 Å². The van der Waals surface area contributed by atoms with Gasteiger partial charge in [-0.1, -0.05) is 170 Å². The molecule has 4 heteroatoms. The second-order valence-corrected chi connectivity index (χ2v) is 15.1. The zero-order valence-corrected chi connectivity index (χ0v) is 31.8. The molecule has 4 nitrogen and oxygen atoms in total. The molecule has 59 heavy (non-hydrogen) atoms. The minimum absolute atomic E-state index is 0.641. The van der Waals surface area contributed by atoms with Crippen molar-refractivity contribution in [1.82, 2.24) is 15.0 Å². The first-order valence-electron chi connectivity index (χ1n) is 19.9. The number of benzene rings is 10. The van der Waals surface area contributed by atoms with Gasteiger partial charge in [-0.3, -0.25) is 0 Å². The molecular weight excluding hydrogens is 719 g/mol. The Hall–Kier alpha value is -7.95. The Bertz CT molecular complexity index is 3550. The summed E-state index contributed by atoms with van der Waals surface area (Å²) in [7, 11) is 0. The SMILES string of the molecule is c1ccc(-c2nc(-c3ccccc3)nc(-c3ccc(-c4cc5c6ccccc6c(-c6cccc7oc8ccccc8c67)cc5c5ccccc45)c4ccccc34)n2)cc1. The average molecular weight is 752 g/mol. The molecule has 2 aromatic heterocycles. The van der Waals surface area contributed by atoms with Crippen LogP contribution in [0.1, 0.15) is 0 Å². The van der Waals surface area contributed by atoms with Crippen LogP contribution in [0.4, 0.5) is 0 Å². The second-order valence-electron chi connectivity index (χ2n) is 15.1. The molecule has 0 aliphatic heterocycles. The van der Waals surface area contributed by atoms with Gasteiger partial charge >= 0.3 is 0 Å². The lowest BCUT2D eigenvalue weighted by Crippen LogP contribution is -2.00. The number of aromatic nitrogens is 3. The molecule has 0 N–H and O–H groups in total. The van der Waals surface area contributed by atoms with Gasteiger partial charge in [-0.05, 0) is 95.7 Å². The van der Waals surface area contributed by atoms with Crippen LogP contribution in [0.15, 0.2) is 205 Å². The van der Waals surface area contributed by atoms with Crippen molar-refractivity contribution in [2.45, 2.75) is 0 Å². The molecule has 0 spiro atoms. The van der Waals surface area contributed by atoms with Gasteiger partial charge < -0.3 is 4.42 Å². The van der Waals surface area contributed by atoms with E-state index in [0.29, 0.717) is 17.5 Å². The van der Waals surface area contributed by atoms with Crippen LogP contribution in [0.5, 0.6) is 0 Å². The zero-order valence-electron chi connectivity index (χ0n) is 31.8. The normalized spacial score (nSPS) is 11.7. The van der Waals surface area contributed by atoms with Crippen LogP contribution in [0.2, 0.25) is 0 Å². The van der Waals surface area contributed by atoms with Crippen molar-refractivity contribution in [2.24, 2.45) is 0 Å². The third-order valence-electron chi connectivity index (χ3n) is 11.7. The monoisotopic (exact) mass is 751 g/mol. The Labute approximate surface area is 339 Å². The highest BCUT2D eigenvalue weighted by atomic mass is 16.3. The second kappa shape index (κ2) is 13.3. The minimum atomic E-state index is 0.641. The van der Waals surface area contributed by atoms with Crippen molar-refractivity contribution in [3.05, 3.63) is 200 Å². The van der Waals surface area contributed by atoms with E-state index in [2.05, 4.69) is 133 Å². The highest BCUT2D eigenvalue weighted by Crippen LogP contribution is 2.46. The maximum atomic E-state index is 6.36. The van der Waals surface area contributed by atoms with E-state index in [1.54, 1.807) is 0 Å². The van der Waals surface area contributed by atoms with Crippen LogP contribution < -0.4 is 0 Å². The number of nitrogens with zero attached hydrogens (tertiary/aromatic N) is 3. The summed E-state index contributed by atoms with van der Waals surface area (Å²) in [6, 6.07) is 70.6. The van der Waals surface area contributed by atoms with E-state index in [0.717, 1.165) is 55.0 Å². The molecule has 12 aromatic rings. The summed E-state index contributed by atoms with van der Waals surface area (Å²) in [6.07, 6.45) is 0. The van der Waals surface area contributed by atoms with Crippen LogP contribution in [-0.2, 0) is 0 Å². The van der Waals surface area contributed by atoms with Gasteiger partial charge in [-0.15, -0.1) is 0 Å². The topological polar surface area (TPSA) is 51.8 Å². The minimum Gasteiger partial charge on any atom is -0.456 e. The van der Waals surface area contributed by atoms with Crippen LogP contribution in [0.25, 0.3) is 121 Å². The summed E-state index contributed by atoms with van der Waals surface area (Å²) in [5.41, 5.74) is 9.36. The number of furan rings is 1. The molecule has 12 rings (SSSR count). The van der Waals surface area contributed by atoms with Gasteiger partial charge in [0, 0.05) is 27.5 Å². The maximum absolute atomic E-state index is 6.36. The van der Waals surface area contributed by atoms with Gasteiger partial charge in [-0.25, -0.2) is 15.0 Å². The molecule has 0 amide bonds. The molecule has 0 atom stereocenters. The first-order chi connectivity index (χ1) is 29.3. The number of hydrogen-bond acceptors (Lipinski definition) is 4. The predicted octanol–water partition coefficient (Wildman–Crippen LogP) is 14.7. The largest absolute Gasteiger partial charge is 0.456 e. The van der Waals surface area contributed by atoms with Crippen LogP contribution >= 0.6 is 0 Å². The van der Waals surface area contributed by atoms with Crippen molar-refractivity contribution in [3.8, 4) is 56.4 Å². The van der Waals surface area contributed by atoms with E-state index >= 15 is 0 Å². The summed E-state index contributed by atoms with van der Waals surface area (Å²) >= 11 is 0. The van der Waals surface area contributed by atoms with Gasteiger partial charge in [0.2, 0.25) is 0 Å². The third kappa shape index (κ3) is 5.34. The van der Waals surface area contributed by atoms with Crippen LogP contribution in [-0.4, -0.2) is 15.0 Å². The van der Waals surface area contributed by atoms with E-state index in [4.69, 9.17) is 19.4 Å². The maximum Gasteiger partial charge on any atom is 0.164 e. The predicted molar refractivity (Wildman–Crippen MR) is 244 cm³/mol. The van der Waals surface area contributed by atoms with Crippen LogP contribution in [0, 0.1) is 0 Å². The van der Waals surface area contributed by atoms with E-state index in [-0.39, 0.29) is 0 Å². The molecule has 2 heterocycles. The molecule has 0 saturated carbocycles. The summed E-state index contributed by atoms with van der Waals surface area (Å²) in [5, 5.41) is 11.8. The van der Waals surface area contributed by atoms with E-state index < -0.39 is 0 Å². The lowest BCUT2D eigenvalue weighted by molar-refractivity contribution is 0.669. The standard InChI is InChI=1S/C55H33N3O/c1-3-16-34(17-4-1)53-56-54(35-18-5-2-6-19-35)58-55(57-53)44-31-30-42(36-20-7-8-21-37(36)44)46-32-48-41-25-12-10-23-39(41)47(33-49(48)40-24-11-9-22-38(40)46)43-27-15-29-51-52(43)45-26-13-14-28-50(45)59-51/h1-33H. The Balaban J connectivity index is 1.10. The smallest absolute Gasteiger partial charge is 0.164 e. The van der Waals surface area contributed by atoms with Crippen molar-refractivity contribution in [3.63, 3.8) is 0 Å². The Morgan fingerprint density at radius 1 is 0.254 bits per heavy atom. The molecule has 0 saturated heterocycles. The fourth-order valence-electron chi connectivity index (χ4n) is 9.05. The molecular formula is C55H33N3O. The van der Waals surface area contributed by atoms with Crippen molar-refractivity contribution in [1.29, 1.82) is 0 Å². The lowest BCUT2D eigenvalue weighted by atomic mass is 9.85. The lowest BCUT2D eigenvalue weighted by Gasteiger charge is -2.18. The molecule has 0 aliphatic carbocycles. The van der Waals surface area contributed by atoms with E-state index in [1.165, 1.54) is 49.0 Å². The highest BCUT2D eigenvalue weighted by molar-refractivity contribution is 6.26. The zero-order chi connectivity index (χ0) is 38.9. The Kier molecular flexibility index (Phi) is 7.50.